The van der Waals surface area contributed by atoms with Crippen LogP contribution in [0, 0.1) is 10.1 Å². The maximum atomic E-state index is 11.6. The molecule has 2 aromatic rings. The summed E-state index contributed by atoms with van der Waals surface area (Å²) in [5, 5.41) is 20.2. The van der Waals surface area contributed by atoms with Crippen molar-refractivity contribution in [1.29, 1.82) is 0 Å². The molecule has 0 unspecified atom stereocenters. The number of rotatable bonds is 8. The van der Waals surface area contributed by atoms with E-state index in [2.05, 4.69) is 9.97 Å². The zero-order valence-corrected chi connectivity index (χ0v) is 14.2. The second kappa shape index (κ2) is 8.47. The van der Waals surface area contributed by atoms with Crippen molar-refractivity contribution in [2.75, 3.05) is 13.2 Å². The Morgan fingerprint density at radius 2 is 2.11 bits per heavy atom. The molecule has 11 heteroatoms. The van der Waals surface area contributed by atoms with Crippen LogP contribution < -0.4 is 20.8 Å². The lowest BCUT2D eigenvalue weighted by atomic mass is 10.2. The summed E-state index contributed by atoms with van der Waals surface area (Å²) in [6.45, 7) is 1.82. The van der Waals surface area contributed by atoms with Crippen LogP contribution in [0.15, 0.2) is 23.0 Å². The molecule has 0 spiro atoms. The number of hydrogen-bond acceptors (Lipinski definition) is 8. The Bertz CT molecular complexity index is 952. The molecule has 1 aromatic heterocycles. The molecule has 1 heterocycles. The molecule has 27 heavy (non-hydrogen) atoms. The van der Waals surface area contributed by atoms with Crippen LogP contribution in [-0.4, -0.2) is 39.1 Å². The van der Waals surface area contributed by atoms with E-state index >= 15 is 0 Å². The van der Waals surface area contributed by atoms with Gasteiger partial charge in [-0.3, -0.25) is 19.7 Å². The zero-order chi connectivity index (χ0) is 20.0. The third-order valence-corrected chi connectivity index (χ3v) is 3.15. The molecule has 4 N–H and O–H groups in total. The fourth-order valence-electron chi connectivity index (χ4n) is 2.06. The number of carbonyl (C=O) groups excluding carboxylic acids is 1. The number of benzene rings is 1. The average molecular weight is 376 g/mol. The Labute approximate surface area is 152 Å². The van der Waals surface area contributed by atoms with Crippen LogP contribution in [-0.2, 0) is 4.79 Å². The van der Waals surface area contributed by atoms with E-state index in [-0.39, 0.29) is 12.4 Å². The number of aromatic hydroxyl groups is 1. The molecule has 11 nitrogen and oxygen atoms in total. The molecule has 0 saturated carbocycles. The minimum atomic E-state index is -1.07. The number of nitro groups is 1. The Morgan fingerprint density at radius 1 is 1.37 bits per heavy atom. The molecular formula is C16H16N4O7. The third-order valence-electron chi connectivity index (χ3n) is 3.15. The lowest BCUT2D eigenvalue weighted by Gasteiger charge is -2.11. The van der Waals surface area contributed by atoms with E-state index in [0.29, 0.717) is 23.7 Å². The minimum Gasteiger partial charge on any atom is -0.490 e. The van der Waals surface area contributed by atoms with Crippen LogP contribution in [0.5, 0.6) is 17.4 Å². The molecule has 0 aliphatic carbocycles. The molecule has 0 bridgehead atoms. The van der Waals surface area contributed by atoms with Crippen molar-refractivity contribution >= 4 is 23.7 Å². The standard InChI is InChI=1S/C16H16N4O7/c1-2-26-11-7-9(3-5-10(11)27-8-12(17)21)4-6-13-18-15(22)14(20(24)25)16(23)19-13/h3-7H,2,8H2,1H3,(H2,17,21)(H2,18,19,22,23). The van der Waals surface area contributed by atoms with Gasteiger partial charge >= 0.3 is 11.2 Å². The van der Waals surface area contributed by atoms with Gasteiger partial charge in [0.15, 0.2) is 18.1 Å². The lowest BCUT2D eigenvalue weighted by molar-refractivity contribution is -0.387. The lowest BCUT2D eigenvalue weighted by Crippen LogP contribution is -2.20. The first-order valence-corrected chi connectivity index (χ1v) is 7.65. The predicted molar refractivity (Wildman–Crippen MR) is 94.4 cm³/mol. The molecule has 142 valence electrons. The van der Waals surface area contributed by atoms with Gasteiger partial charge in [-0.15, -0.1) is 0 Å². The number of aromatic nitrogens is 2. The van der Waals surface area contributed by atoms with Crippen LogP contribution >= 0.6 is 0 Å². The number of aromatic amines is 1. The maximum absolute atomic E-state index is 11.6. The predicted octanol–water partition coefficient (Wildman–Crippen LogP) is 0.817. The second-order valence-electron chi connectivity index (χ2n) is 5.11. The van der Waals surface area contributed by atoms with E-state index in [9.17, 15) is 24.8 Å². The van der Waals surface area contributed by atoms with Gasteiger partial charge in [-0.25, -0.2) is 0 Å². The summed E-state index contributed by atoms with van der Waals surface area (Å²) in [6, 6.07) is 4.81. The van der Waals surface area contributed by atoms with Crippen molar-refractivity contribution in [2.24, 2.45) is 5.73 Å². The number of primary amides is 1. The topological polar surface area (TPSA) is 171 Å². The normalized spacial score (nSPS) is 10.7. The first-order valence-electron chi connectivity index (χ1n) is 7.65. The number of nitrogens with one attached hydrogen (secondary N) is 1. The van der Waals surface area contributed by atoms with Gasteiger partial charge in [-0.2, -0.15) is 4.98 Å². The fraction of sp³-hybridized carbons (Fsp3) is 0.188. The monoisotopic (exact) mass is 376 g/mol. The van der Waals surface area contributed by atoms with E-state index in [1.54, 1.807) is 25.1 Å². The summed E-state index contributed by atoms with van der Waals surface area (Å²) in [7, 11) is 0. The molecule has 0 fully saturated rings. The molecular weight excluding hydrogens is 360 g/mol. The highest BCUT2D eigenvalue weighted by Gasteiger charge is 2.21. The van der Waals surface area contributed by atoms with Gasteiger partial charge in [-0.1, -0.05) is 12.1 Å². The Balaban J connectivity index is 2.28. The van der Waals surface area contributed by atoms with Crippen molar-refractivity contribution in [2.45, 2.75) is 6.92 Å². The summed E-state index contributed by atoms with van der Waals surface area (Å²) in [5.74, 6) is -0.987. The molecule has 2 rings (SSSR count). The Hall–Kier alpha value is -3.89. The fourth-order valence-corrected chi connectivity index (χ4v) is 2.06. The van der Waals surface area contributed by atoms with Gasteiger partial charge in [0, 0.05) is 0 Å². The van der Waals surface area contributed by atoms with Crippen LogP contribution in [0.2, 0.25) is 0 Å². The zero-order valence-electron chi connectivity index (χ0n) is 14.2. The highest BCUT2D eigenvalue weighted by Crippen LogP contribution is 2.29. The summed E-state index contributed by atoms with van der Waals surface area (Å²) in [4.78, 5) is 37.9. The SMILES string of the molecule is CCOc1cc(C=Cc2nc(O)c([N+](=O)[O-])c(=O)[nH]2)ccc1OCC(N)=O. The van der Waals surface area contributed by atoms with E-state index < -0.39 is 28.0 Å². The number of carbonyl (C=O) groups is 1. The van der Waals surface area contributed by atoms with E-state index in [1.165, 1.54) is 12.2 Å². The molecule has 0 aliphatic heterocycles. The van der Waals surface area contributed by atoms with Crippen molar-refractivity contribution in [3.05, 3.63) is 50.1 Å². The van der Waals surface area contributed by atoms with E-state index in [0.717, 1.165) is 0 Å². The van der Waals surface area contributed by atoms with Gasteiger partial charge in [0.25, 0.3) is 11.8 Å². The molecule has 0 radical (unpaired) electrons. The van der Waals surface area contributed by atoms with E-state index in [4.69, 9.17) is 15.2 Å². The Morgan fingerprint density at radius 3 is 2.70 bits per heavy atom. The summed E-state index contributed by atoms with van der Waals surface area (Å²) < 4.78 is 10.7. The molecule has 1 aromatic carbocycles. The van der Waals surface area contributed by atoms with Crippen LogP contribution in [0.3, 0.4) is 0 Å². The number of nitrogens with two attached hydrogens (primary N) is 1. The summed E-state index contributed by atoms with van der Waals surface area (Å²) in [5.41, 5.74) is 3.56. The first-order chi connectivity index (χ1) is 12.8. The van der Waals surface area contributed by atoms with Crippen molar-refractivity contribution in [1.82, 2.24) is 9.97 Å². The number of nitrogens with zero attached hydrogens (tertiary/aromatic N) is 2. The number of amides is 1. The van der Waals surface area contributed by atoms with Crippen LogP contribution in [0.1, 0.15) is 18.3 Å². The minimum absolute atomic E-state index is 0.0740. The van der Waals surface area contributed by atoms with Gasteiger partial charge < -0.3 is 25.3 Å². The van der Waals surface area contributed by atoms with Gasteiger partial charge in [-0.05, 0) is 30.7 Å². The number of ether oxygens (including phenoxy) is 2. The van der Waals surface area contributed by atoms with Gasteiger partial charge in [0.1, 0.15) is 5.82 Å². The van der Waals surface area contributed by atoms with Crippen LogP contribution in [0.25, 0.3) is 12.2 Å². The quantitative estimate of drug-likeness (QED) is 0.449. The maximum Gasteiger partial charge on any atom is 0.395 e. The summed E-state index contributed by atoms with van der Waals surface area (Å²) in [6.07, 6.45) is 2.88. The van der Waals surface area contributed by atoms with Crippen molar-refractivity contribution in [3.8, 4) is 17.4 Å². The third kappa shape index (κ3) is 5.04. The summed E-state index contributed by atoms with van der Waals surface area (Å²) >= 11 is 0. The second-order valence-corrected chi connectivity index (χ2v) is 5.11. The average Bonchev–Trinajstić information content (AvgIpc) is 2.58. The van der Waals surface area contributed by atoms with Gasteiger partial charge in [0.2, 0.25) is 0 Å². The highest BCUT2D eigenvalue weighted by atomic mass is 16.6. The Kier molecular flexibility index (Phi) is 6.10. The smallest absolute Gasteiger partial charge is 0.395 e. The number of hydrogen-bond donors (Lipinski definition) is 3. The number of H-pyrrole nitrogens is 1. The molecule has 0 aliphatic rings. The first kappa shape index (κ1) is 19.4. The molecule has 1 amide bonds. The van der Waals surface area contributed by atoms with Crippen LogP contribution in [0.4, 0.5) is 5.69 Å². The van der Waals surface area contributed by atoms with Crippen molar-refractivity contribution in [3.63, 3.8) is 0 Å². The largest absolute Gasteiger partial charge is 0.490 e. The molecule has 0 atom stereocenters. The van der Waals surface area contributed by atoms with Crippen molar-refractivity contribution < 1.29 is 24.3 Å². The van der Waals surface area contributed by atoms with E-state index in [1.807, 2.05) is 0 Å². The van der Waals surface area contributed by atoms with Gasteiger partial charge in [0.05, 0.1) is 11.5 Å². The molecule has 0 saturated heterocycles. The highest BCUT2D eigenvalue weighted by molar-refractivity contribution is 5.75.